The van der Waals surface area contributed by atoms with Gasteiger partial charge in [0, 0.05) is 18.5 Å². The highest BCUT2D eigenvalue weighted by Crippen LogP contribution is 2.31. The van der Waals surface area contributed by atoms with Gasteiger partial charge in [0.15, 0.2) is 0 Å². The number of aryl methyl sites for hydroxylation is 1. The highest BCUT2D eigenvalue weighted by atomic mass is 16.5. The predicted octanol–water partition coefficient (Wildman–Crippen LogP) is 3.51. The van der Waals surface area contributed by atoms with Crippen molar-refractivity contribution in [2.45, 2.75) is 45.6 Å². The van der Waals surface area contributed by atoms with Crippen LogP contribution in [0.1, 0.15) is 50.1 Å². The van der Waals surface area contributed by atoms with Gasteiger partial charge in [0.2, 0.25) is 17.6 Å². The summed E-state index contributed by atoms with van der Waals surface area (Å²) >= 11 is 0. The number of carbonyl (C=O) groups excluding carboxylic acids is 1. The van der Waals surface area contributed by atoms with Crippen molar-refractivity contribution >= 4 is 5.91 Å². The summed E-state index contributed by atoms with van der Waals surface area (Å²) in [6.45, 7) is 4.71. The summed E-state index contributed by atoms with van der Waals surface area (Å²) in [6, 6.07) is 7.95. The molecule has 1 aromatic heterocycles. The standard InChI is InChI=1S/C17H21N3O2/c1-3-15(21)20-11-5-4-6-14(20)17-18-16(19-22-17)13-9-7-12(2)8-10-13/h7-10,14H,3-6,11H2,1-2H3. The van der Waals surface area contributed by atoms with Crippen molar-refractivity contribution in [1.29, 1.82) is 0 Å². The van der Waals surface area contributed by atoms with Gasteiger partial charge < -0.3 is 9.42 Å². The largest absolute Gasteiger partial charge is 0.337 e. The minimum atomic E-state index is -0.0760. The van der Waals surface area contributed by atoms with E-state index in [4.69, 9.17) is 4.52 Å². The van der Waals surface area contributed by atoms with Gasteiger partial charge in [-0.25, -0.2) is 0 Å². The number of carbonyl (C=O) groups is 1. The summed E-state index contributed by atoms with van der Waals surface area (Å²) in [5, 5.41) is 4.09. The Labute approximate surface area is 130 Å². The molecule has 0 aliphatic carbocycles. The van der Waals surface area contributed by atoms with Gasteiger partial charge in [-0.3, -0.25) is 4.79 Å². The number of nitrogens with zero attached hydrogens (tertiary/aromatic N) is 3. The molecule has 0 saturated carbocycles. The predicted molar refractivity (Wildman–Crippen MR) is 83.1 cm³/mol. The van der Waals surface area contributed by atoms with E-state index >= 15 is 0 Å². The maximum absolute atomic E-state index is 12.1. The average molecular weight is 299 g/mol. The summed E-state index contributed by atoms with van der Waals surface area (Å²) < 4.78 is 5.46. The van der Waals surface area contributed by atoms with Gasteiger partial charge in [0.25, 0.3) is 0 Å². The molecule has 3 rings (SSSR count). The topological polar surface area (TPSA) is 59.2 Å². The first-order valence-corrected chi connectivity index (χ1v) is 7.89. The van der Waals surface area contributed by atoms with Crippen molar-refractivity contribution in [1.82, 2.24) is 15.0 Å². The van der Waals surface area contributed by atoms with Gasteiger partial charge in [-0.1, -0.05) is 41.9 Å². The molecule has 5 heteroatoms. The second-order valence-electron chi connectivity index (χ2n) is 5.77. The first-order chi connectivity index (χ1) is 10.7. The van der Waals surface area contributed by atoms with Crippen molar-refractivity contribution in [2.75, 3.05) is 6.54 Å². The third kappa shape index (κ3) is 2.89. The van der Waals surface area contributed by atoms with Crippen LogP contribution in [0.15, 0.2) is 28.8 Å². The molecular weight excluding hydrogens is 278 g/mol. The molecule has 22 heavy (non-hydrogen) atoms. The number of likely N-dealkylation sites (tertiary alicyclic amines) is 1. The molecule has 1 saturated heterocycles. The normalized spacial score (nSPS) is 18.5. The van der Waals surface area contributed by atoms with Crippen LogP contribution in [0.25, 0.3) is 11.4 Å². The molecule has 1 aromatic carbocycles. The lowest BCUT2D eigenvalue weighted by atomic mass is 10.0. The maximum atomic E-state index is 12.1. The molecule has 5 nitrogen and oxygen atoms in total. The van der Waals surface area contributed by atoms with Crippen molar-refractivity contribution in [3.63, 3.8) is 0 Å². The number of aromatic nitrogens is 2. The molecule has 1 aliphatic heterocycles. The minimum absolute atomic E-state index is 0.0760. The third-order valence-electron chi connectivity index (χ3n) is 4.16. The monoisotopic (exact) mass is 299 g/mol. The molecule has 2 heterocycles. The van der Waals surface area contributed by atoms with E-state index < -0.39 is 0 Å². The summed E-state index contributed by atoms with van der Waals surface area (Å²) in [4.78, 5) is 18.5. The highest BCUT2D eigenvalue weighted by Gasteiger charge is 2.31. The van der Waals surface area contributed by atoms with Gasteiger partial charge in [-0.05, 0) is 26.2 Å². The molecule has 1 atom stereocenters. The van der Waals surface area contributed by atoms with Gasteiger partial charge in [-0.2, -0.15) is 4.98 Å². The fourth-order valence-electron chi connectivity index (χ4n) is 2.88. The fourth-order valence-corrected chi connectivity index (χ4v) is 2.88. The zero-order valence-corrected chi connectivity index (χ0v) is 13.1. The number of benzene rings is 1. The molecule has 0 N–H and O–H groups in total. The van der Waals surface area contributed by atoms with Crippen LogP contribution < -0.4 is 0 Å². The number of rotatable bonds is 3. The summed E-state index contributed by atoms with van der Waals surface area (Å²) in [5.74, 6) is 1.29. The van der Waals surface area contributed by atoms with Gasteiger partial charge in [-0.15, -0.1) is 0 Å². The fraction of sp³-hybridized carbons (Fsp3) is 0.471. The molecule has 0 radical (unpaired) electrons. The molecule has 2 aromatic rings. The van der Waals surface area contributed by atoms with Crippen LogP contribution in [0.3, 0.4) is 0 Å². The molecule has 0 spiro atoms. The Balaban J connectivity index is 1.85. The van der Waals surface area contributed by atoms with E-state index in [-0.39, 0.29) is 11.9 Å². The lowest BCUT2D eigenvalue weighted by molar-refractivity contribution is -0.135. The average Bonchev–Trinajstić information content (AvgIpc) is 3.04. The quantitative estimate of drug-likeness (QED) is 0.870. The van der Waals surface area contributed by atoms with Crippen molar-refractivity contribution < 1.29 is 9.32 Å². The highest BCUT2D eigenvalue weighted by molar-refractivity contribution is 5.76. The van der Waals surface area contributed by atoms with Crippen LogP contribution in [0.2, 0.25) is 0 Å². The van der Waals surface area contributed by atoms with E-state index in [0.717, 1.165) is 31.4 Å². The Kier molecular flexibility index (Phi) is 4.22. The minimum Gasteiger partial charge on any atom is -0.337 e. The second-order valence-corrected chi connectivity index (χ2v) is 5.77. The number of piperidine rings is 1. The van der Waals surface area contributed by atoms with E-state index in [0.29, 0.717) is 18.1 Å². The molecule has 1 amide bonds. The van der Waals surface area contributed by atoms with Crippen molar-refractivity contribution in [3.05, 3.63) is 35.7 Å². The van der Waals surface area contributed by atoms with E-state index in [1.54, 1.807) is 0 Å². The lowest BCUT2D eigenvalue weighted by Gasteiger charge is -2.33. The van der Waals surface area contributed by atoms with Crippen LogP contribution in [0.5, 0.6) is 0 Å². The number of amides is 1. The van der Waals surface area contributed by atoms with E-state index in [2.05, 4.69) is 10.1 Å². The summed E-state index contributed by atoms with van der Waals surface area (Å²) in [5.41, 5.74) is 2.13. The Morgan fingerprint density at radius 1 is 1.32 bits per heavy atom. The zero-order valence-electron chi connectivity index (χ0n) is 13.1. The van der Waals surface area contributed by atoms with Crippen LogP contribution >= 0.6 is 0 Å². The molecule has 1 unspecified atom stereocenters. The van der Waals surface area contributed by atoms with Crippen molar-refractivity contribution in [3.8, 4) is 11.4 Å². The maximum Gasteiger partial charge on any atom is 0.249 e. The second kappa shape index (κ2) is 6.30. The van der Waals surface area contributed by atoms with Crippen molar-refractivity contribution in [2.24, 2.45) is 0 Å². The Morgan fingerprint density at radius 3 is 2.82 bits per heavy atom. The number of hydrogen-bond donors (Lipinski definition) is 0. The van der Waals surface area contributed by atoms with Gasteiger partial charge >= 0.3 is 0 Å². The summed E-state index contributed by atoms with van der Waals surface area (Å²) in [7, 11) is 0. The van der Waals surface area contributed by atoms with E-state index in [1.807, 2.05) is 43.0 Å². The smallest absolute Gasteiger partial charge is 0.249 e. The zero-order chi connectivity index (χ0) is 15.5. The lowest BCUT2D eigenvalue weighted by Crippen LogP contribution is -2.38. The number of hydrogen-bond acceptors (Lipinski definition) is 4. The first-order valence-electron chi connectivity index (χ1n) is 7.89. The SMILES string of the molecule is CCC(=O)N1CCCCC1c1nc(-c2ccc(C)cc2)no1. The molecule has 0 bridgehead atoms. The molecule has 116 valence electrons. The van der Waals surface area contributed by atoms with E-state index in [9.17, 15) is 4.79 Å². The van der Waals surface area contributed by atoms with Crippen LogP contribution in [0, 0.1) is 6.92 Å². The van der Waals surface area contributed by atoms with Crippen LogP contribution in [0.4, 0.5) is 0 Å². The molecular formula is C17H21N3O2. The Hall–Kier alpha value is -2.17. The van der Waals surface area contributed by atoms with Gasteiger partial charge in [0.05, 0.1) is 0 Å². The Bertz CT molecular complexity index is 648. The molecule has 1 aliphatic rings. The first kappa shape index (κ1) is 14.8. The van der Waals surface area contributed by atoms with Crippen LogP contribution in [-0.4, -0.2) is 27.5 Å². The summed E-state index contributed by atoms with van der Waals surface area (Å²) in [6.07, 6.45) is 3.53. The van der Waals surface area contributed by atoms with E-state index in [1.165, 1.54) is 5.56 Å². The molecule has 1 fully saturated rings. The van der Waals surface area contributed by atoms with Crippen LogP contribution in [-0.2, 0) is 4.79 Å². The van der Waals surface area contributed by atoms with Gasteiger partial charge in [0.1, 0.15) is 6.04 Å². The third-order valence-corrected chi connectivity index (χ3v) is 4.16. The Morgan fingerprint density at radius 2 is 2.09 bits per heavy atom.